The fraction of sp³-hybridized carbons (Fsp3) is 0.500. The maximum Gasteiger partial charge on any atom is 0.0945 e. The molecule has 2 rings (SSSR count). The zero-order valence-corrected chi connectivity index (χ0v) is 11.9. The average Bonchev–Trinajstić information content (AvgIpc) is 2.89. The first kappa shape index (κ1) is 14.2. The fourth-order valence-corrected chi connectivity index (χ4v) is 2.44. The smallest absolute Gasteiger partial charge is 0.0945 e. The lowest BCUT2D eigenvalue weighted by Gasteiger charge is -2.13. The highest BCUT2D eigenvalue weighted by atomic mass is 32.1. The maximum atomic E-state index is 9.79. The van der Waals surface area contributed by atoms with E-state index in [1.54, 1.807) is 11.3 Å². The van der Waals surface area contributed by atoms with Crippen LogP contribution < -0.4 is 5.32 Å². The van der Waals surface area contributed by atoms with Gasteiger partial charge in [-0.1, -0.05) is 13.3 Å². The van der Waals surface area contributed by atoms with Gasteiger partial charge in [0.2, 0.25) is 0 Å². The van der Waals surface area contributed by atoms with Crippen LogP contribution in [0.4, 0.5) is 5.69 Å². The second kappa shape index (κ2) is 7.43. The van der Waals surface area contributed by atoms with Crippen LogP contribution in [0.2, 0.25) is 0 Å². The first-order valence-electron chi connectivity index (χ1n) is 6.62. The van der Waals surface area contributed by atoms with Crippen molar-refractivity contribution in [2.45, 2.75) is 25.9 Å². The molecule has 19 heavy (non-hydrogen) atoms. The molecule has 0 fully saturated rings. The van der Waals surface area contributed by atoms with Gasteiger partial charge in [-0.05, 0) is 24.6 Å². The van der Waals surface area contributed by atoms with Gasteiger partial charge in [0.05, 0.1) is 28.4 Å². The molecule has 0 bridgehead atoms. The number of aliphatic hydroxyl groups excluding tert-OH is 1. The highest BCUT2D eigenvalue weighted by Crippen LogP contribution is 2.21. The van der Waals surface area contributed by atoms with Gasteiger partial charge < -0.3 is 15.2 Å². The van der Waals surface area contributed by atoms with E-state index in [1.807, 2.05) is 17.6 Å². The van der Waals surface area contributed by atoms with Crippen LogP contribution in [-0.2, 0) is 4.74 Å². The van der Waals surface area contributed by atoms with Crippen LogP contribution in [-0.4, -0.2) is 36.0 Å². The lowest BCUT2D eigenvalue weighted by atomic mass is 10.3. The molecule has 1 unspecified atom stereocenters. The zero-order valence-electron chi connectivity index (χ0n) is 11.1. The van der Waals surface area contributed by atoms with E-state index in [-0.39, 0.29) is 0 Å². The van der Waals surface area contributed by atoms with Gasteiger partial charge in [0.15, 0.2) is 0 Å². The Morgan fingerprint density at radius 1 is 1.47 bits per heavy atom. The van der Waals surface area contributed by atoms with E-state index < -0.39 is 6.10 Å². The molecule has 0 aliphatic heterocycles. The Balaban J connectivity index is 1.74. The van der Waals surface area contributed by atoms with Gasteiger partial charge in [-0.2, -0.15) is 0 Å². The Kier molecular flexibility index (Phi) is 5.57. The van der Waals surface area contributed by atoms with Crippen LogP contribution in [0.25, 0.3) is 10.2 Å². The number of unbranched alkanes of at least 4 members (excludes halogenated alkanes) is 1. The molecule has 1 aromatic heterocycles. The molecule has 0 amide bonds. The van der Waals surface area contributed by atoms with Gasteiger partial charge in [0.1, 0.15) is 0 Å². The third kappa shape index (κ3) is 4.45. The number of rotatable bonds is 8. The summed E-state index contributed by atoms with van der Waals surface area (Å²) in [5.74, 6) is 0. The van der Waals surface area contributed by atoms with Gasteiger partial charge in [-0.25, -0.2) is 4.98 Å². The molecule has 1 heterocycles. The lowest BCUT2D eigenvalue weighted by molar-refractivity contribution is 0.0422. The molecule has 0 saturated carbocycles. The minimum atomic E-state index is -0.478. The molecule has 5 heteroatoms. The minimum absolute atomic E-state index is 0.385. The monoisotopic (exact) mass is 280 g/mol. The Bertz CT molecular complexity index is 501. The van der Waals surface area contributed by atoms with E-state index in [1.165, 1.54) is 0 Å². The van der Waals surface area contributed by atoms with E-state index in [4.69, 9.17) is 4.74 Å². The quantitative estimate of drug-likeness (QED) is 0.730. The molecule has 2 N–H and O–H groups in total. The predicted octanol–water partition coefficient (Wildman–Crippen LogP) is 2.89. The third-order valence-electron chi connectivity index (χ3n) is 2.83. The summed E-state index contributed by atoms with van der Waals surface area (Å²) in [5, 5.41) is 13.0. The Labute approximate surface area is 117 Å². The normalized spacial score (nSPS) is 12.7. The van der Waals surface area contributed by atoms with Crippen molar-refractivity contribution in [2.24, 2.45) is 0 Å². The van der Waals surface area contributed by atoms with Crippen LogP contribution >= 0.6 is 11.3 Å². The van der Waals surface area contributed by atoms with E-state index in [2.05, 4.69) is 23.3 Å². The Morgan fingerprint density at radius 3 is 3.21 bits per heavy atom. The van der Waals surface area contributed by atoms with Crippen molar-refractivity contribution >= 4 is 27.2 Å². The Morgan fingerprint density at radius 2 is 2.37 bits per heavy atom. The van der Waals surface area contributed by atoms with Crippen molar-refractivity contribution in [3.8, 4) is 0 Å². The van der Waals surface area contributed by atoms with Crippen molar-refractivity contribution in [1.82, 2.24) is 4.98 Å². The van der Waals surface area contributed by atoms with E-state index >= 15 is 0 Å². The second-order valence-electron chi connectivity index (χ2n) is 4.50. The summed E-state index contributed by atoms with van der Waals surface area (Å²) in [6.45, 7) is 3.73. The first-order valence-corrected chi connectivity index (χ1v) is 7.50. The highest BCUT2D eigenvalue weighted by molar-refractivity contribution is 7.16. The number of aliphatic hydroxyl groups is 1. The number of aromatic nitrogens is 1. The summed E-state index contributed by atoms with van der Waals surface area (Å²) in [5.41, 5.74) is 3.86. The molecule has 2 aromatic rings. The molecule has 0 saturated heterocycles. The number of nitrogens with zero attached hydrogens (tertiary/aromatic N) is 1. The highest BCUT2D eigenvalue weighted by Gasteiger charge is 2.05. The van der Waals surface area contributed by atoms with E-state index in [9.17, 15) is 5.11 Å². The van der Waals surface area contributed by atoms with Crippen LogP contribution in [0.1, 0.15) is 19.8 Å². The van der Waals surface area contributed by atoms with Crippen LogP contribution in [0.5, 0.6) is 0 Å². The van der Waals surface area contributed by atoms with E-state index in [0.717, 1.165) is 35.4 Å². The first-order chi connectivity index (χ1) is 9.29. The van der Waals surface area contributed by atoms with Crippen molar-refractivity contribution in [1.29, 1.82) is 0 Å². The number of fused-ring (bicyclic) bond motifs is 1. The minimum Gasteiger partial charge on any atom is -0.389 e. The van der Waals surface area contributed by atoms with Crippen molar-refractivity contribution in [3.63, 3.8) is 0 Å². The zero-order chi connectivity index (χ0) is 13.5. The lowest BCUT2D eigenvalue weighted by Crippen LogP contribution is -2.25. The average molecular weight is 280 g/mol. The van der Waals surface area contributed by atoms with Gasteiger partial charge in [0, 0.05) is 18.8 Å². The fourth-order valence-electron chi connectivity index (χ4n) is 1.73. The second-order valence-corrected chi connectivity index (χ2v) is 5.38. The number of anilines is 1. The van der Waals surface area contributed by atoms with Crippen molar-refractivity contribution in [3.05, 3.63) is 23.7 Å². The summed E-state index contributed by atoms with van der Waals surface area (Å²) >= 11 is 1.62. The molecule has 0 spiro atoms. The number of thiazole rings is 1. The summed E-state index contributed by atoms with van der Waals surface area (Å²) in [6.07, 6.45) is 1.68. The molecular formula is C14H20N2O2S. The van der Waals surface area contributed by atoms with E-state index in [0.29, 0.717) is 13.2 Å². The van der Waals surface area contributed by atoms with Crippen LogP contribution in [0, 0.1) is 0 Å². The molecule has 0 radical (unpaired) electrons. The number of benzene rings is 1. The van der Waals surface area contributed by atoms with Gasteiger partial charge in [-0.15, -0.1) is 11.3 Å². The molecule has 1 aromatic carbocycles. The summed E-state index contributed by atoms with van der Waals surface area (Å²) in [7, 11) is 0. The molecule has 0 aliphatic rings. The third-order valence-corrected chi connectivity index (χ3v) is 3.62. The SMILES string of the molecule is CCCCOCC(O)CNc1ccc2ncsc2c1. The molecule has 1 atom stereocenters. The Hall–Kier alpha value is -1.17. The molecule has 104 valence electrons. The number of ether oxygens (including phenoxy) is 1. The van der Waals surface area contributed by atoms with Gasteiger partial charge in [0.25, 0.3) is 0 Å². The van der Waals surface area contributed by atoms with Crippen molar-refractivity contribution < 1.29 is 9.84 Å². The molecular weight excluding hydrogens is 260 g/mol. The topological polar surface area (TPSA) is 54.4 Å². The summed E-state index contributed by atoms with van der Waals surface area (Å²) < 4.78 is 6.54. The summed E-state index contributed by atoms with van der Waals surface area (Å²) in [4.78, 5) is 4.23. The maximum absolute atomic E-state index is 9.79. The van der Waals surface area contributed by atoms with Crippen LogP contribution in [0.3, 0.4) is 0 Å². The van der Waals surface area contributed by atoms with Crippen LogP contribution in [0.15, 0.2) is 23.7 Å². The number of hydrogen-bond donors (Lipinski definition) is 2. The standard InChI is InChI=1S/C14H20N2O2S/c1-2-3-6-18-9-12(17)8-15-11-4-5-13-14(7-11)19-10-16-13/h4-5,7,10,12,15,17H,2-3,6,8-9H2,1H3. The summed E-state index contributed by atoms with van der Waals surface area (Å²) in [6, 6.07) is 6.02. The van der Waals surface area contributed by atoms with Gasteiger partial charge in [-0.3, -0.25) is 0 Å². The molecule has 0 aliphatic carbocycles. The largest absolute Gasteiger partial charge is 0.389 e. The molecule has 4 nitrogen and oxygen atoms in total. The van der Waals surface area contributed by atoms with Gasteiger partial charge >= 0.3 is 0 Å². The predicted molar refractivity (Wildman–Crippen MR) is 79.8 cm³/mol. The van der Waals surface area contributed by atoms with Crippen molar-refractivity contribution in [2.75, 3.05) is 25.1 Å². The number of hydrogen-bond acceptors (Lipinski definition) is 5. The number of nitrogens with one attached hydrogen (secondary N) is 1.